The molecule has 0 aliphatic heterocycles. The predicted octanol–water partition coefficient (Wildman–Crippen LogP) is 3.27. The van der Waals surface area contributed by atoms with Crippen molar-refractivity contribution in [2.75, 3.05) is 21.3 Å². The number of fused-ring (bicyclic) bond motifs is 1. The van der Waals surface area contributed by atoms with Gasteiger partial charge in [-0.05, 0) is 13.0 Å². The Bertz CT molecular complexity index is 840. The van der Waals surface area contributed by atoms with E-state index in [0.717, 1.165) is 0 Å². The van der Waals surface area contributed by atoms with Crippen LogP contribution in [0.1, 0.15) is 19.4 Å². The van der Waals surface area contributed by atoms with E-state index in [1.165, 1.54) is 28.3 Å². The SMILES string of the molecule is C=C(C)C(O)Cc1c(OC)c(OC)c2c(OC(C)=O)cccc2c1OC. The van der Waals surface area contributed by atoms with E-state index in [9.17, 15) is 9.90 Å². The summed E-state index contributed by atoms with van der Waals surface area (Å²) in [5, 5.41) is 11.6. The van der Waals surface area contributed by atoms with Crippen molar-refractivity contribution in [3.05, 3.63) is 35.9 Å². The van der Waals surface area contributed by atoms with Crippen LogP contribution in [0.5, 0.6) is 23.0 Å². The number of carbonyl (C=O) groups excluding carboxylic acids is 1. The summed E-state index contributed by atoms with van der Waals surface area (Å²) in [5.41, 5.74) is 1.27. The summed E-state index contributed by atoms with van der Waals surface area (Å²) < 4.78 is 22.1. The molecular weight excluding hydrogens is 336 g/mol. The minimum atomic E-state index is -0.767. The lowest BCUT2D eigenvalue weighted by molar-refractivity contribution is -0.131. The predicted molar refractivity (Wildman–Crippen MR) is 99.4 cm³/mol. The van der Waals surface area contributed by atoms with Crippen molar-refractivity contribution in [3.8, 4) is 23.0 Å². The van der Waals surface area contributed by atoms with Gasteiger partial charge in [-0.3, -0.25) is 4.79 Å². The lowest BCUT2D eigenvalue weighted by Gasteiger charge is -2.22. The Morgan fingerprint density at radius 1 is 1.08 bits per heavy atom. The van der Waals surface area contributed by atoms with Crippen LogP contribution in [0.25, 0.3) is 10.8 Å². The molecule has 6 nitrogen and oxygen atoms in total. The number of hydrogen-bond donors (Lipinski definition) is 1. The summed E-state index contributed by atoms with van der Waals surface area (Å²) in [7, 11) is 4.55. The maximum absolute atomic E-state index is 11.5. The molecule has 1 atom stereocenters. The largest absolute Gasteiger partial charge is 0.496 e. The minimum absolute atomic E-state index is 0.242. The van der Waals surface area contributed by atoms with E-state index >= 15 is 0 Å². The van der Waals surface area contributed by atoms with Gasteiger partial charge in [0.25, 0.3) is 0 Å². The molecule has 0 aliphatic carbocycles. The Labute approximate surface area is 152 Å². The summed E-state index contributed by atoms with van der Waals surface area (Å²) in [6, 6.07) is 5.27. The van der Waals surface area contributed by atoms with Crippen LogP contribution in [0.15, 0.2) is 30.4 Å². The summed E-state index contributed by atoms with van der Waals surface area (Å²) in [4.78, 5) is 11.5. The van der Waals surface area contributed by atoms with Crippen LogP contribution >= 0.6 is 0 Å². The van der Waals surface area contributed by atoms with Gasteiger partial charge >= 0.3 is 5.97 Å². The van der Waals surface area contributed by atoms with Crippen LogP contribution in [0.2, 0.25) is 0 Å². The molecule has 0 amide bonds. The van der Waals surface area contributed by atoms with Gasteiger partial charge in [0.1, 0.15) is 11.5 Å². The number of aliphatic hydroxyl groups is 1. The highest BCUT2D eigenvalue weighted by molar-refractivity contribution is 6.02. The molecule has 140 valence electrons. The molecule has 0 saturated carbocycles. The first kappa shape index (κ1) is 19.6. The van der Waals surface area contributed by atoms with Crippen LogP contribution in [-0.4, -0.2) is 38.5 Å². The second-order valence-corrected chi connectivity index (χ2v) is 5.92. The van der Waals surface area contributed by atoms with Crippen molar-refractivity contribution in [1.82, 2.24) is 0 Å². The van der Waals surface area contributed by atoms with Gasteiger partial charge in [0.2, 0.25) is 0 Å². The van der Waals surface area contributed by atoms with E-state index in [2.05, 4.69) is 6.58 Å². The highest BCUT2D eigenvalue weighted by atomic mass is 16.5. The second kappa shape index (κ2) is 8.10. The average Bonchev–Trinajstić information content (AvgIpc) is 2.60. The van der Waals surface area contributed by atoms with Gasteiger partial charge in [-0.25, -0.2) is 0 Å². The molecule has 0 fully saturated rings. The highest BCUT2D eigenvalue weighted by Gasteiger charge is 2.26. The fraction of sp³-hybridized carbons (Fsp3) is 0.350. The van der Waals surface area contributed by atoms with Gasteiger partial charge in [0, 0.05) is 24.3 Å². The number of methoxy groups -OCH3 is 3. The Balaban J connectivity index is 2.88. The number of aliphatic hydroxyl groups excluding tert-OH is 1. The van der Waals surface area contributed by atoms with Gasteiger partial charge in [0.05, 0.1) is 32.8 Å². The number of carbonyl (C=O) groups is 1. The van der Waals surface area contributed by atoms with Gasteiger partial charge in [0.15, 0.2) is 11.5 Å². The molecular formula is C20H24O6. The van der Waals surface area contributed by atoms with Gasteiger partial charge in [-0.2, -0.15) is 0 Å². The number of benzene rings is 2. The third-order valence-corrected chi connectivity index (χ3v) is 4.08. The van der Waals surface area contributed by atoms with Crippen molar-refractivity contribution in [2.45, 2.75) is 26.4 Å². The summed E-state index contributed by atoms with van der Waals surface area (Å²) in [6.07, 6.45) is -0.525. The monoisotopic (exact) mass is 360 g/mol. The number of hydrogen-bond acceptors (Lipinski definition) is 6. The number of rotatable bonds is 7. The lowest BCUT2D eigenvalue weighted by atomic mass is 9.96. The fourth-order valence-corrected chi connectivity index (χ4v) is 2.91. The molecule has 0 aromatic heterocycles. The van der Waals surface area contributed by atoms with E-state index in [0.29, 0.717) is 44.9 Å². The van der Waals surface area contributed by atoms with E-state index in [1.54, 1.807) is 19.1 Å². The number of esters is 1. The molecule has 0 radical (unpaired) electrons. The van der Waals surface area contributed by atoms with Crippen LogP contribution in [-0.2, 0) is 11.2 Å². The van der Waals surface area contributed by atoms with Crippen molar-refractivity contribution in [1.29, 1.82) is 0 Å². The number of ether oxygens (including phenoxy) is 4. The summed E-state index contributed by atoms with van der Waals surface area (Å²) in [5.74, 6) is 1.24. The van der Waals surface area contributed by atoms with Crippen LogP contribution in [0.3, 0.4) is 0 Å². The first-order valence-electron chi connectivity index (χ1n) is 8.11. The Hall–Kier alpha value is -2.73. The molecule has 0 heterocycles. The quantitative estimate of drug-likeness (QED) is 0.464. The molecule has 0 aliphatic rings. The van der Waals surface area contributed by atoms with Gasteiger partial charge < -0.3 is 24.1 Å². The van der Waals surface area contributed by atoms with Gasteiger partial charge in [-0.1, -0.05) is 24.3 Å². The van der Waals surface area contributed by atoms with E-state index in [-0.39, 0.29) is 6.42 Å². The van der Waals surface area contributed by atoms with Crippen molar-refractivity contribution in [3.63, 3.8) is 0 Å². The average molecular weight is 360 g/mol. The summed E-state index contributed by atoms with van der Waals surface area (Å²) in [6.45, 7) is 6.87. The van der Waals surface area contributed by atoms with Crippen LogP contribution in [0.4, 0.5) is 0 Å². The standard InChI is InChI=1S/C20H24O6/c1-11(2)15(22)10-14-18(23-4)13-8-7-9-16(26-12(3)21)17(13)20(25-6)19(14)24-5/h7-9,15,22H,1,10H2,2-6H3. The molecule has 2 aromatic rings. The molecule has 0 bridgehead atoms. The third kappa shape index (κ3) is 3.60. The van der Waals surface area contributed by atoms with Crippen LogP contribution in [0, 0.1) is 0 Å². The third-order valence-electron chi connectivity index (χ3n) is 4.08. The smallest absolute Gasteiger partial charge is 0.308 e. The fourth-order valence-electron chi connectivity index (χ4n) is 2.91. The van der Waals surface area contributed by atoms with Crippen molar-refractivity contribution in [2.24, 2.45) is 0 Å². The molecule has 0 saturated heterocycles. The van der Waals surface area contributed by atoms with E-state index < -0.39 is 12.1 Å². The Kier molecular flexibility index (Phi) is 6.10. The first-order chi connectivity index (χ1) is 12.3. The van der Waals surface area contributed by atoms with Gasteiger partial charge in [-0.15, -0.1) is 0 Å². The molecule has 0 spiro atoms. The zero-order valence-corrected chi connectivity index (χ0v) is 15.7. The Morgan fingerprint density at radius 2 is 1.69 bits per heavy atom. The highest BCUT2D eigenvalue weighted by Crippen LogP contribution is 2.49. The molecule has 26 heavy (non-hydrogen) atoms. The Morgan fingerprint density at radius 3 is 2.19 bits per heavy atom. The zero-order chi connectivity index (χ0) is 19.4. The molecule has 2 rings (SSSR count). The zero-order valence-electron chi connectivity index (χ0n) is 15.7. The van der Waals surface area contributed by atoms with Crippen LogP contribution < -0.4 is 18.9 Å². The lowest BCUT2D eigenvalue weighted by Crippen LogP contribution is -2.14. The molecule has 2 aromatic carbocycles. The molecule has 1 unspecified atom stereocenters. The van der Waals surface area contributed by atoms with E-state index in [1.807, 2.05) is 6.07 Å². The first-order valence-corrected chi connectivity index (χ1v) is 8.11. The minimum Gasteiger partial charge on any atom is -0.496 e. The van der Waals surface area contributed by atoms with Crippen molar-refractivity contribution < 1.29 is 28.8 Å². The van der Waals surface area contributed by atoms with Crippen molar-refractivity contribution >= 4 is 16.7 Å². The molecule has 6 heteroatoms. The molecule has 1 N–H and O–H groups in total. The normalized spacial score (nSPS) is 11.8. The topological polar surface area (TPSA) is 74.2 Å². The maximum Gasteiger partial charge on any atom is 0.308 e. The second-order valence-electron chi connectivity index (χ2n) is 5.92. The summed E-state index contributed by atoms with van der Waals surface area (Å²) >= 11 is 0. The van der Waals surface area contributed by atoms with E-state index in [4.69, 9.17) is 18.9 Å². The maximum atomic E-state index is 11.5.